The molecule has 8 nitrogen and oxygen atoms in total. The highest BCUT2D eigenvalue weighted by molar-refractivity contribution is 5.89. The Morgan fingerprint density at radius 2 is 1.78 bits per heavy atom. The first-order valence-corrected chi connectivity index (χ1v) is 11.9. The molecule has 0 saturated heterocycles. The number of halogens is 1. The summed E-state index contributed by atoms with van der Waals surface area (Å²) in [6, 6.07) is 19.3. The minimum Gasteiger partial charge on any atom is -0.497 e. The summed E-state index contributed by atoms with van der Waals surface area (Å²) in [5.41, 5.74) is 2.08. The predicted molar refractivity (Wildman–Crippen MR) is 138 cm³/mol. The number of amides is 2. The Kier molecular flexibility index (Phi) is 7.52. The Labute approximate surface area is 215 Å². The first kappa shape index (κ1) is 25.8. The van der Waals surface area contributed by atoms with Crippen LogP contribution < -0.4 is 10.1 Å². The van der Waals surface area contributed by atoms with Crippen LogP contribution in [0.1, 0.15) is 37.9 Å². The number of carbonyl (C=O) groups excluding carboxylic acids is 2. The normalized spacial score (nSPS) is 12.2. The van der Waals surface area contributed by atoms with Crippen molar-refractivity contribution in [3.05, 3.63) is 89.7 Å². The lowest BCUT2D eigenvalue weighted by Gasteiger charge is -2.34. The van der Waals surface area contributed by atoms with Crippen molar-refractivity contribution in [1.82, 2.24) is 25.2 Å². The molecule has 1 N–H and O–H groups in total. The van der Waals surface area contributed by atoms with Crippen LogP contribution in [0.25, 0.3) is 11.0 Å². The van der Waals surface area contributed by atoms with Gasteiger partial charge in [0.15, 0.2) is 0 Å². The molecule has 4 aromatic rings. The number of methoxy groups -OCH3 is 1. The van der Waals surface area contributed by atoms with Crippen LogP contribution in [-0.4, -0.2) is 44.4 Å². The zero-order chi connectivity index (χ0) is 26.6. The summed E-state index contributed by atoms with van der Waals surface area (Å²) < 4.78 is 20.5. The molecule has 0 spiro atoms. The molecule has 1 heterocycles. The molecule has 2 amide bonds. The van der Waals surface area contributed by atoms with Gasteiger partial charge in [-0.3, -0.25) is 9.59 Å². The molecule has 0 aliphatic carbocycles. The number of para-hydroxylation sites is 1. The maximum absolute atomic E-state index is 13.9. The second-order valence-electron chi connectivity index (χ2n) is 9.80. The molecule has 0 saturated carbocycles. The van der Waals surface area contributed by atoms with Crippen LogP contribution in [0.2, 0.25) is 0 Å². The van der Waals surface area contributed by atoms with Gasteiger partial charge in [-0.15, -0.1) is 5.10 Å². The second kappa shape index (κ2) is 10.8. The van der Waals surface area contributed by atoms with Crippen molar-refractivity contribution in [3.63, 3.8) is 0 Å². The Bertz CT molecular complexity index is 1390. The summed E-state index contributed by atoms with van der Waals surface area (Å²) in [4.78, 5) is 29.1. The van der Waals surface area contributed by atoms with E-state index in [1.54, 1.807) is 43.5 Å². The number of nitrogens with zero attached hydrogens (tertiary/aromatic N) is 4. The number of fused-ring (bicyclic) bond motifs is 1. The van der Waals surface area contributed by atoms with Gasteiger partial charge in [-0.2, -0.15) is 0 Å². The molecular weight excluding hydrogens is 473 g/mol. The summed E-state index contributed by atoms with van der Waals surface area (Å²) in [6.07, 6.45) is 0. The molecule has 0 unspecified atom stereocenters. The van der Waals surface area contributed by atoms with Gasteiger partial charge in [-0.25, -0.2) is 9.07 Å². The zero-order valence-electron chi connectivity index (χ0n) is 21.3. The third-order valence-corrected chi connectivity index (χ3v) is 5.76. The molecule has 1 aromatic heterocycles. The van der Waals surface area contributed by atoms with E-state index in [4.69, 9.17) is 4.74 Å². The van der Waals surface area contributed by atoms with Gasteiger partial charge < -0.3 is 15.0 Å². The molecule has 0 aliphatic rings. The smallest absolute Gasteiger partial charge is 0.247 e. The third kappa shape index (κ3) is 6.30. The van der Waals surface area contributed by atoms with Crippen molar-refractivity contribution in [2.45, 2.75) is 45.4 Å². The largest absolute Gasteiger partial charge is 0.497 e. The summed E-state index contributed by atoms with van der Waals surface area (Å²) >= 11 is 0. The van der Waals surface area contributed by atoms with Crippen LogP contribution in [0, 0.1) is 5.82 Å². The first-order valence-electron chi connectivity index (χ1n) is 11.9. The van der Waals surface area contributed by atoms with Gasteiger partial charge in [0, 0.05) is 12.1 Å². The predicted octanol–water partition coefficient (Wildman–Crippen LogP) is 4.26. The lowest BCUT2D eigenvalue weighted by Crippen LogP contribution is -2.49. The standard InChI is InChI=1S/C28H30FN5O3/c1-28(2,3)30-27(36)26(20-8-7-9-22(16-20)37-4)33(17-19-12-14-21(29)15-13-19)25(35)18-34-24-11-6-5-10-23(24)31-32-34/h5-16,26H,17-18H2,1-4H3,(H,30,36)/t26-/m1/s1. The number of aromatic nitrogens is 3. The molecule has 37 heavy (non-hydrogen) atoms. The first-order chi connectivity index (χ1) is 17.6. The fraction of sp³-hybridized carbons (Fsp3) is 0.286. The maximum Gasteiger partial charge on any atom is 0.247 e. The average molecular weight is 504 g/mol. The van der Waals surface area contributed by atoms with Gasteiger partial charge in [-0.1, -0.05) is 41.6 Å². The van der Waals surface area contributed by atoms with Crippen molar-refractivity contribution in [1.29, 1.82) is 0 Å². The van der Waals surface area contributed by atoms with Crippen molar-refractivity contribution < 1.29 is 18.7 Å². The highest BCUT2D eigenvalue weighted by Crippen LogP contribution is 2.28. The SMILES string of the molecule is COc1cccc([C@H](C(=O)NC(C)(C)C)N(Cc2ccc(F)cc2)C(=O)Cn2nnc3ccccc32)c1. The highest BCUT2D eigenvalue weighted by atomic mass is 19.1. The van der Waals surface area contributed by atoms with Gasteiger partial charge in [-0.05, 0) is 68.3 Å². The third-order valence-electron chi connectivity index (χ3n) is 5.76. The minimum absolute atomic E-state index is 0.0746. The van der Waals surface area contributed by atoms with Crippen LogP contribution in [0.5, 0.6) is 5.75 Å². The van der Waals surface area contributed by atoms with E-state index in [-0.39, 0.29) is 30.7 Å². The van der Waals surface area contributed by atoms with Gasteiger partial charge in [0.2, 0.25) is 11.8 Å². The van der Waals surface area contributed by atoms with Gasteiger partial charge in [0.25, 0.3) is 0 Å². The van der Waals surface area contributed by atoms with E-state index < -0.39 is 11.6 Å². The van der Waals surface area contributed by atoms with Crippen molar-refractivity contribution in [2.75, 3.05) is 7.11 Å². The number of benzene rings is 3. The van der Waals surface area contributed by atoms with Gasteiger partial charge >= 0.3 is 0 Å². The van der Waals surface area contributed by atoms with E-state index in [0.29, 0.717) is 27.9 Å². The number of rotatable bonds is 8. The van der Waals surface area contributed by atoms with Crippen LogP contribution in [-0.2, 0) is 22.7 Å². The molecule has 9 heteroatoms. The molecule has 0 bridgehead atoms. The fourth-order valence-electron chi connectivity index (χ4n) is 4.09. The molecule has 3 aromatic carbocycles. The van der Waals surface area contributed by atoms with E-state index in [2.05, 4.69) is 15.6 Å². The van der Waals surface area contributed by atoms with Crippen molar-refractivity contribution in [3.8, 4) is 5.75 Å². The van der Waals surface area contributed by atoms with Crippen LogP contribution in [0.4, 0.5) is 4.39 Å². The van der Waals surface area contributed by atoms with E-state index in [9.17, 15) is 14.0 Å². The molecule has 4 rings (SSSR count). The Morgan fingerprint density at radius 3 is 2.49 bits per heavy atom. The Morgan fingerprint density at radius 1 is 1.05 bits per heavy atom. The average Bonchev–Trinajstić information content (AvgIpc) is 3.26. The lowest BCUT2D eigenvalue weighted by atomic mass is 10.0. The Balaban J connectivity index is 1.78. The van der Waals surface area contributed by atoms with E-state index in [1.807, 2.05) is 45.0 Å². The second-order valence-corrected chi connectivity index (χ2v) is 9.80. The van der Waals surface area contributed by atoms with Crippen LogP contribution in [0.15, 0.2) is 72.8 Å². The summed E-state index contributed by atoms with van der Waals surface area (Å²) in [7, 11) is 1.54. The fourth-order valence-corrected chi connectivity index (χ4v) is 4.09. The molecular formula is C28H30FN5O3. The lowest BCUT2D eigenvalue weighted by molar-refractivity contribution is -0.142. The molecule has 0 radical (unpaired) electrons. The van der Waals surface area contributed by atoms with Crippen LogP contribution >= 0.6 is 0 Å². The van der Waals surface area contributed by atoms with E-state index >= 15 is 0 Å². The number of hydrogen-bond acceptors (Lipinski definition) is 5. The van der Waals surface area contributed by atoms with Gasteiger partial charge in [0.05, 0.1) is 12.6 Å². The van der Waals surface area contributed by atoms with E-state index in [0.717, 1.165) is 0 Å². The van der Waals surface area contributed by atoms with Crippen molar-refractivity contribution >= 4 is 22.8 Å². The van der Waals surface area contributed by atoms with Gasteiger partial charge in [0.1, 0.15) is 29.7 Å². The van der Waals surface area contributed by atoms with E-state index in [1.165, 1.54) is 21.7 Å². The highest BCUT2D eigenvalue weighted by Gasteiger charge is 2.34. The summed E-state index contributed by atoms with van der Waals surface area (Å²) in [6.45, 7) is 5.57. The number of hydrogen-bond donors (Lipinski definition) is 1. The number of nitrogens with one attached hydrogen (secondary N) is 1. The molecule has 1 atom stereocenters. The number of carbonyl (C=O) groups is 2. The number of ether oxygens (including phenoxy) is 1. The summed E-state index contributed by atoms with van der Waals surface area (Å²) in [5.74, 6) is -0.524. The topological polar surface area (TPSA) is 89.4 Å². The molecule has 192 valence electrons. The van der Waals surface area contributed by atoms with Crippen LogP contribution in [0.3, 0.4) is 0 Å². The Hall–Kier alpha value is -4.27. The monoisotopic (exact) mass is 503 g/mol. The zero-order valence-corrected chi connectivity index (χ0v) is 21.3. The molecule has 0 fully saturated rings. The molecule has 0 aliphatic heterocycles. The minimum atomic E-state index is -0.985. The van der Waals surface area contributed by atoms with Crippen molar-refractivity contribution in [2.24, 2.45) is 0 Å². The maximum atomic E-state index is 13.9. The quantitative estimate of drug-likeness (QED) is 0.388. The summed E-state index contributed by atoms with van der Waals surface area (Å²) in [5, 5.41) is 11.3.